The first-order valence-corrected chi connectivity index (χ1v) is 6.78. The van der Waals surface area contributed by atoms with Gasteiger partial charge in [0.15, 0.2) is 5.82 Å². The summed E-state index contributed by atoms with van der Waals surface area (Å²) in [6.45, 7) is 1.89. The molecule has 100 valence electrons. The van der Waals surface area contributed by atoms with Crippen LogP contribution in [0.3, 0.4) is 0 Å². The van der Waals surface area contributed by atoms with Crippen molar-refractivity contribution < 1.29 is 8.78 Å². The molecule has 2 aromatic carbocycles. The molecule has 0 atom stereocenters. The van der Waals surface area contributed by atoms with E-state index in [2.05, 4.69) is 21.2 Å². The minimum Gasteiger partial charge on any atom is -0.376 e. The molecule has 5 heteroatoms. The van der Waals surface area contributed by atoms with Crippen LogP contribution in [0.1, 0.15) is 11.1 Å². The first-order chi connectivity index (χ1) is 8.99. The third-order valence-corrected chi connectivity index (χ3v) is 3.97. The smallest absolute Gasteiger partial charge is 0.152 e. The highest BCUT2D eigenvalue weighted by atomic mass is 79.9. The minimum absolute atomic E-state index is 0.112. The van der Waals surface area contributed by atoms with E-state index in [0.29, 0.717) is 17.1 Å². The topological polar surface area (TPSA) is 12.0 Å². The number of hydrogen-bond acceptors (Lipinski definition) is 1. The van der Waals surface area contributed by atoms with Gasteiger partial charge in [0.2, 0.25) is 0 Å². The normalized spacial score (nSPS) is 10.6. The molecule has 2 aromatic rings. The molecule has 1 nitrogen and oxygen atoms in total. The maximum atomic E-state index is 13.8. The van der Waals surface area contributed by atoms with Gasteiger partial charge in [0.1, 0.15) is 11.5 Å². The zero-order valence-electron chi connectivity index (χ0n) is 10.1. The van der Waals surface area contributed by atoms with Crippen LogP contribution in [0.4, 0.5) is 14.5 Å². The van der Waals surface area contributed by atoms with Crippen molar-refractivity contribution in [2.75, 3.05) is 5.32 Å². The highest BCUT2D eigenvalue weighted by Gasteiger charge is 2.11. The predicted octanol–water partition coefficient (Wildman–Crippen LogP) is 5.30. The van der Waals surface area contributed by atoms with E-state index in [1.807, 2.05) is 6.07 Å². The second-order valence-corrected chi connectivity index (χ2v) is 5.42. The van der Waals surface area contributed by atoms with Gasteiger partial charge in [-0.1, -0.05) is 23.7 Å². The van der Waals surface area contributed by atoms with Gasteiger partial charge in [0.05, 0.1) is 5.02 Å². The van der Waals surface area contributed by atoms with Gasteiger partial charge in [-0.05, 0) is 52.2 Å². The first kappa shape index (κ1) is 14.3. The molecule has 0 saturated carbocycles. The standard InChI is InChI=1S/C14H11BrClF2N/c1-8-2-5-12(17)14(13(8)18)19-7-9-3-4-10(15)11(16)6-9/h2-6,19H,7H2,1H3. The van der Waals surface area contributed by atoms with Crippen molar-refractivity contribution in [1.29, 1.82) is 0 Å². The van der Waals surface area contributed by atoms with Gasteiger partial charge in [0, 0.05) is 11.0 Å². The van der Waals surface area contributed by atoms with Crippen molar-refractivity contribution in [3.8, 4) is 0 Å². The Labute approximate surface area is 123 Å². The molecule has 19 heavy (non-hydrogen) atoms. The van der Waals surface area contributed by atoms with Crippen molar-refractivity contribution >= 4 is 33.2 Å². The van der Waals surface area contributed by atoms with Gasteiger partial charge in [-0.25, -0.2) is 8.78 Å². The lowest BCUT2D eigenvalue weighted by molar-refractivity contribution is 0.582. The molecule has 0 aliphatic rings. The second kappa shape index (κ2) is 5.88. The van der Waals surface area contributed by atoms with Gasteiger partial charge < -0.3 is 5.32 Å². The molecule has 0 spiro atoms. The van der Waals surface area contributed by atoms with E-state index < -0.39 is 11.6 Å². The zero-order chi connectivity index (χ0) is 14.0. The highest BCUT2D eigenvalue weighted by Crippen LogP contribution is 2.25. The van der Waals surface area contributed by atoms with Crippen molar-refractivity contribution in [3.63, 3.8) is 0 Å². The summed E-state index contributed by atoms with van der Waals surface area (Å²) < 4.78 is 28.1. The SMILES string of the molecule is Cc1ccc(F)c(NCc2ccc(Br)c(Cl)c2)c1F. The molecule has 0 fully saturated rings. The summed E-state index contributed by atoms with van der Waals surface area (Å²) >= 11 is 9.25. The number of nitrogens with one attached hydrogen (secondary N) is 1. The molecule has 0 radical (unpaired) electrons. The van der Waals surface area contributed by atoms with Crippen molar-refractivity contribution in [1.82, 2.24) is 0 Å². The van der Waals surface area contributed by atoms with E-state index in [9.17, 15) is 8.78 Å². The van der Waals surface area contributed by atoms with E-state index in [4.69, 9.17) is 11.6 Å². The van der Waals surface area contributed by atoms with E-state index >= 15 is 0 Å². The Kier molecular flexibility index (Phi) is 4.42. The van der Waals surface area contributed by atoms with Crippen molar-refractivity contribution in [2.45, 2.75) is 13.5 Å². The first-order valence-electron chi connectivity index (χ1n) is 5.61. The van der Waals surface area contributed by atoms with E-state index in [1.165, 1.54) is 12.1 Å². The Morgan fingerprint density at radius 1 is 1.21 bits per heavy atom. The van der Waals surface area contributed by atoms with E-state index in [-0.39, 0.29) is 5.69 Å². The molecule has 0 aliphatic heterocycles. The quantitative estimate of drug-likeness (QED) is 0.795. The van der Waals surface area contributed by atoms with Gasteiger partial charge in [-0.3, -0.25) is 0 Å². The molecule has 0 aliphatic carbocycles. The lowest BCUT2D eigenvalue weighted by Crippen LogP contribution is -2.05. The maximum Gasteiger partial charge on any atom is 0.152 e. The van der Waals surface area contributed by atoms with Crippen LogP contribution >= 0.6 is 27.5 Å². The van der Waals surface area contributed by atoms with Crippen LogP contribution in [-0.2, 0) is 6.54 Å². The largest absolute Gasteiger partial charge is 0.376 e. The van der Waals surface area contributed by atoms with Crippen LogP contribution in [0.25, 0.3) is 0 Å². The van der Waals surface area contributed by atoms with Crippen LogP contribution in [0.2, 0.25) is 5.02 Å². The van der Waals surface area contributed by atoms with Crippen molar-refractivity contribution in [2.24, 2.45) is 0 Å². The van der Waals surface area contributed by atoms with Crippen LogP contribution in [0.15, 0.2) is 34.8 Å². The molecule has 0 unspecified atom stereocenters. The summed E-state index contributed by atoms with van der Waals surface area (Å²) in [5, 5.41) is 3.32. The fourth-order valence-electron chi connectivity index (χ4n) is 1.66. The Hall–Kier alpha value is -1.13. The summed E-state index contributed by atoms with van der Waals surface area (Å²) in [5.74, 6) is -1.17. The molecule has 2 rings (SSSR count). The number of benzene rings is 2. The average Bonchev–Trinajstić information content (AvgIpc) is 2.38. The molecule has 1 N–H and O–H groups in total. The summed E-state index contributed by atoms with van der Waals surface area (Å²) in [6.07, 6.45) is 0. The number of rotatable bonds is 3. The third-order valence-electron chi connectivity index (χ3n) is 2.74. The van der Waals surface area contributed by atoms with Crippen LogP contribution in [0.5, 0.6) is 0 Å². The second-order valence-electron chi connectivity index (χ2n) is 4.16. The van der Waals surface area contributed by atoms with Crippen LogP contribution in [0, 0.1) is 18.6 Å². The maximum absolute atomic E-state index is 13.8. The summed E-state index contributed by atoms with van der Waals surface area (Å²) in [7, 11) is 0. The van der Waals surface area contributed by atoms with Gasteiger partial charge in [-0.2, -0.15) is 0 Å². The Bertz CT molecular complexity index is 617. The number of anilines is 1. The summed E-state index contributed by atoms with van der Waals surface area (Å²) in [5.41, 5.74) is 1.13. The minimum atomic E-state index is -0.605. The summed E-state index contributed by atoms with van der Waals surface area (Å²) in [6, 6.07) is 8.02. The molecule has 0 aromatic heterocycles. The van der Waals surface area contributed by atoms with Crippen LogP contribution < -0.4 is 5.32 Å². The zero-order valence-corrected chi connectivity index (χ0v) is 12.4. The van der Waals surface area contributed by atoms with Crippen LogP contribution in [-0.4, -0.2) is 0 Å². The molecular weight excluding hydrogens is 336 g/mol. The lowest BCUT2D eigenvalue weighted by atomic mass is 10.1. The van der Waals surface area contributed by atoms with Gasteiger partial charge >= 0.3 is 0 Å². The average molecular weight is 347 g/mol. The molecule has 0 bridgehead atoms. The molecule has 0 heterocycles. The fraction of sp³-hybridized carbons (Fsp3) is 0.143. The Balaban J connectivity index is 2.19. The van der Waals surface area contributed by atoms with E-state index in [0.717, 1.165) is 10.0 Å². The predicted molar refractivity (Wildman–Crippen MR) is 77.6 cm³/mol. The lowest BCUT2D eigenvalue weighted by Gasteiger charge is -2.11. The highest BCUT2D eigenvalue weighted by molar-refractivity contribution is 9.10. The Morgan fingerprint density at radius 2 is 1.95 bits per heavy atom. The molecule has 0 saturated heterocycles. The Morgan fingerprint density at radius 3 is 2.63 bits per heavy atom. The van der Waals surface area contributed by atoms with E-state index in [1.54, 1.807) is 19.1 Å². The molecule has 0 amide bonds. The van der Waals surface area contributed by atoms with Gasteiger partial charge in [-0.15, -0.1) is 0 Å². The number of hydrogen-bond donors (Lipinski definition) is 1. The number of aryl methyl sites for hydroxylation is 1. The summed E-state index contributed by atoms with van der Waals surface area (Å²) in [4.78, 5) is 0. The van der Waals surface area contributed by atoms with Crippen molar-refractivity contribution in [3.05, 3.63) is 62.6 Å². The van der Waals surface area contributed by atoms with Gasteiger partial charge in [0.25, 0.3) is 0 Å². The fourth-order valence-corrected chi connectivity index (χ4v) is 2.11. The molecular formula is C14H11BrClF2N. The monoisotopic (exact) mass is 345 g/mol. The number of halogens is 4. The third kappa shape index (κ3) is 3.25.